The van der Waals surface area contributed by atoms with Crippen molar-refractivity contribution in [2.75, 3.05) is 37.1 Å². The first kappa shape index (κ1) is 44.0. The number of rotatable bonds is 12. The molecule has 340 valence electrons. The maximum atomic E-state index is 14.8. The number of aliphatic hydroxyl groups is 4. The van der Waals surface area contributed by atoms with E-state index in [1.807, 2.05) is 0 Å². The Bertz CT molecular complexity index is 2760. The Morgan fingerprint density at radius 2 is 1.77 bits per heavy atom. The van der Waals surface area contributed by atoms with E-state index in [0.717, 1.165) is 5.56 Å². The Labute approximate surface area is 375 Å². The summed E-state index contributed by atoms with van der Waals surface area (Å²) in [6.45, 7) is -1.37. The molecule has 0 saturated carbocycles. The Balaban J connectivity index is 1.25. The first-order valence-corrected chi connectivity index (χ1v) is 20.9. The van der Waals surface area contributed by atoms with Crippen LogP contribution in [0.1, 0.15) is 66.4 Å². The zero-order valence-corrected chi connectivity index (χ0v) is 34.9. The van der Waals surface area contributed by atoms with Crippen molar-refractivity contribution in [3.8, 4) is 11.5 Å². The fourth-order valence-electron chi connectivity index (χ4n) is 8.48. The van der Waals surface area contributed by atoms with Crippen molar-refractivity contribution in [2.24, 2.45) is 20.7 Å². The third-order valence-corrected chi connectivity index (χ3v) is 11.7. The summed E-state index contributed by atoms with van der Waals surface area (Å²) in [4.78, 5) is 72.1. The number of hydrogen-bond acceptors (Lipinski definition) is 19. The first-order chi connectivity index (χ1) is 31.9. The highest BCUT2D eigenvalue weighted by atomic mass is 16.7. The number of nitrogen functional groups attached to an aromatic ring is 1. The van der Waals surface area contributed by atoms with Crippen LogP contribution in [0.25, 0.3) is 0 Å². The third-order valence-electron chi connectivity index (χ3n) is 11.7. The number of carbonyl (C=O) groups excluding carboxylic acids is 4. The van der Waals surface area contributed by atoms with Gasteiger partial charge in [0.25, 0.3) is 0 Å². The largest absolute Gasteiger partial charge is 0.499 e. The Hall–Kier alpha value is -7.20. The number of guanidine groups is 1. The smallest absolute Gasteiger partial charge is 0.302 e. The number of aromatic nitrogens is 1. The second-order valence-electron chi connectivity index (χ2n) is 15.9. The van der Waals surface area contributed by atoms with Crippen molar-refractivity contribution < 1.29 is 63.3 Å². The van der Waals surface area contributed by atoms with Gasteiger partial charge in [0.2, 0.25) is 12.2 Å². The van der Waals surface area contributed by atoms with Crippen LogP contribution in [0.5, 0.6) is 11.5 Å². The number of aliphatic hydroxyl groups excluding tert-OH is 4. The van der Waals surface area contributed by atoms with Crippen LogP contribution in [-0.4, -0.2) is 130 Å². The predicted molar refractivity (Wildman–Crippen MR) is 233 cm³/mol. The number of pyridine rings is 1. The SMILES string of the molecule is NC1=NC(=O)C2=NCN(c3ccccc3[C@@H]3/C=C\OC[C@@H]4O[C@H](Oc5c3cc3c(c5OC[C@H](O)CC=O)C(=O)c5cc(CO)ccc5C3=O)[C@@H](OCCc3ccnc(N)c3)[C@H](O)[C@H]4O)C2=N1. The van der Waals surface area contributed by atoms with Gasteiger partial charge in [-0.25, -0.2) is 4.98 Å². The zero-order valence-electron chi connectivity index (χ0n) is 34.9. The van der Waals surface area contributed by atoms with Crippen molar-refractivity contribution in [2.45, 2.75) is 62.2 Å². The lowest BCUT2D eigenvalue weighted by atomic mass is 9.79. The molecule has 1 amide bonds. The molecule has 1 fully saturated rings. The Morgan fingerprint density at radius 1 is 0.939 bits per heavy atom. The predicted octanol–water partition coefficient (Wildman–Crippen LogP) is 0.861. The summed E-state index contributed by atoms with van der Waals surface area (Å²) < 4.78 is 31.8. The van der Waals surface area contributed by atoms with Crippen molar-refractivity contribution in [3.63, 3.8) is 0 Å². The molecule has 1 saturated heterocycles. The summed E-state index contributed by atoms with van der Waals surface area (Å²) in [7, 11) is 0. The molecule has 1 aliphatic carbocycles. The number of aliphatic imine (C=N–C) groups is 3. The molecule has 5 heterocycles. The van der Waals surface area contributed by atoms with Gasteiger partial charge < -0.3 is 65.3 Å². The number of nitrogens with two attached hydrogens (primary N) is 2. The van der Waals surface area contributed by atoms with E-state index in [0.29, 0.717) is 29.5 Å². The number of ether oxygens (including phenoxy) is 5. The second kappa shape index (κ2) is 18.4. The van der Waals surface area contributed by atoms with Crippen LogP contribution >= 0.6 is 0 Å². The van der Waals surface area contributed by atoms with Crippen molar-refractivity contribution in [1.82, 2.24) is 4.98 Å². The molecule has 66 heavy (non-hydrogen) atoms. The van der Waals surface area contributed by atoms with E-state index in [9.17, 15) is 39.6 Å². The Morgan fingerprint density at radius 3 is 2.58 bits per heavy atom. The average Bonchev–Trinajstić information content (AvgIpc) is 3.73. The fourth-order valence-corrected chi connectivity index (χ4v) is 8.48. The molecule has 0 spiro atoms. The number of aldehydes is 1. The fraction of sp³-hybridized carbons (Fsp3) is 0.304. The van der Waals surface area contributed by atoms with Crippen LogP contribution < -0.4 is 25.8 Å². The highest BCUT2D eigenvalue weighted by Gasteiger charge is 2.49. The van der Waals surface area contributed by atoms with Crippen LogP contribution in [0.15, 0.2) is 94.2 Å². The highest BCUT2D eigenvalue weighted by molar-refractivity contribution is 6.72. The number of amidine groups is 1. The van der Waals surface area contributed by atoms with Crippen LogP contribution in [0.4, 0.5) is 11.5 Å². The number of benzene rings is 3. The van der Waals surface area contributed by atoms with Gasteiger partial charge in [0.1, 0.15) is 56.4 Å². The lowest BCUT2D eigenvalue weighted by Crippen LogP contribution is -2.61. The molecule has 8 N–H and O–H groups in total. The zero-order chi connectivity index (χ0) is 46.2. The van der Waals surface area contributed by atoms with Gasteiger partial charge in [0, 0.05) is 46.5 Å². The standard InChI is InChI=1S/C46H43N7O13/c47-33-16-22(7-11-49-33)9-14-63-42-39(60)38(59)32-20-62-13-10-25(26-3-1-2-4-31(26)53-21-50-35-43(53)51-46(48)52-44(35)61)29-17-30-34(37(58)28-15-23(18-55)5-6-27(28)36(30)57)41(40(29)66-45(42)65-32)64-19-24(56)8-12-54/h1-7,10-13,15-17,24-25,32,38-39,42,45,55-56,59-60H,8-9,14,18-21H2,(H2,47,49)(H2,48,52,61)/b13-10-/t24-,25+,32+,38+,39-,42+,45-/m1/s1. The van der Waals surface area contributed by atoms with Gasteiger partial charge in [0.15, 0.2) is 34.6 Å². The molecule has 0 radical (unpaired) electrons. The molecule has 20 heteroatoms. The molecule has 1 aromatic heterocycles. The lowest BCUT2D eigenvalue weighted by Gasteiger charge is -2.42. The number of hydrogen-bond donors (Lipinski definition) is 6. The number of nitrogens with zero attached hydrogens (tertiary/aromatic N) is 5. The van der Waals surface area contributed by atoms with Gasteiger partial charge in [0.05, 0.1) is 31.1 Å². The van der Waals surface area contributed by atoms with E-state index >= 15 is 0 Å². The van der Waals surface area contributed by atoms with Gasteiger partial charge in [-0.15, -0.1) is 0 Å². The minimum absolute atomic E-state index is 0.00481. The molecule has 20 nitrogen and oxygen atoms in total. The second-order valence-corrected chi connectivity index (χ2v) is 15.9. The van der Waals surface area contributed by atoms with Crippen LogP contribution in [0.2, 0.25) is 0 Å². The van der Waals surface area contributed by atoms with E-state index in [1.54, 1.807) is 47.4 Å². The number of para-hydroxylation sites is 1. The number of amides is 1. The molecular formula is C46H43N7O13. The summed E-state index contributed by atoms with van der Waals surface area (Å²) in [5.74, 6) is -3.30. The first-order valence-electron chi connectivity index (χ1n) is 20.9. The molecule has 0 unspecified atom stereocenters. The van der Waals surface area contributed by atoms with E-state index in [1.165, 1.54) is 36.7 Å². The van der Waals surface area contributed by atoms with Gasteiger partial charge in [-0.05, 0) is 65.6 Å². The van der Waals surface area contributed by atoms with E-state index < -0.39 is 73.4 Å². The highest BCUT2D eigenvalue weighted by Crippen LogP contribution is 2.49. The number of anilines is 2. The van der Waals surface area contributed by atoms with E-state index in [4.69, 9.17) is 35.2 Å². The molecule has 7 atom stereocenters. The molecule has 9 rings (SSSR count). The molecular weight excluding hydrogens is 859 g/mol. The monoisotopic (exact) mass is 901 g/mol. The van der Waals surface area contributed by atoms with Crippen molar-refractivity contribution in [1.29, 1.82) is 0 Å². The minimum Gasteiger partial charge on any atom is -0.499 e. The molecule has 2 bridgehead atoms. The maximum Gasteiger partial charge on any atom is 0.302 e. The molecule has 4 aromatic rings. The summed E-state index contributed by atoms with van der Waals surface area (Å²) in [5.41, 5.74) is 13.7. The average molecular weight is 902 g/mol. The van der Waals surface area contributed by atoms with Crippen LogP contribution in [0.3, 0.4) is 0 Å². The molecule has 4 aliphatic heterocycles. The molecule has 5 aliphatic rings. The number of allylic oxidation sites excluding steroid dienone is 1. The van der Waals surface area contributed by atoms with Crippen LogP contribution in [0, 0.1) is 0 Å². The summed E-state index contributed by atoms with van der Waals surface area (Å²) in [6.07, 6.45) is -3.80. The van der Waals surface area contributed by atoms with Gasteiger partial charge in [-0.1, -0.05) is 24.3 Å². The van der Waals surface area contributed by atoms with E-state index in [2.05, 4.69) is 20.0 Å². The van der Waals surface area contributed by atoms with E-state index in [-0.39, 0.29) is 88.9 Å². The summed E-state index contributed by atoms with van der Waals surface area (Å²) >= 11 is 0. The number of fused-ring (bicyclic) bond motifs is 6. The maximum absolute atomic E-state index is 14.8. The number of ketones is 2. The van der Waals surface area contributed by atoms with Crippen molar-refractivity contribution in [3.05, 3.63) is 124 Å². The van der Waals surface area contributed by atoms with Gasteiger partial charge in [-0.2, -0.15) is 9.98 Å². The Kier molecular flexibility index (Phi) is 12.2. The van der Waals surface area contributed by atoms with Gasteiger partial charge >= 0.3 is 5.91 Å². The molecule has 3 aromatic carbocycles. The van der Waals surface area contributed by atoms with Crippen molar-refractivity contribution >= 4 is 52.8 Å². The topological polar surface area (TPSA) is 301 Å². The van der Waals surface area contributed by atoms with Crippen LogP contribution in [-0.2, 0) is 36.8 Å². The normalized spacial score (nSPS) is 24.2. The van der Waals surface area contributed by atoms with Gasteiger partial charge in [-0.3, -0.25) is 19.4 Å². The summed E-state index contributed by atoms with van der Waals surface area (Å²) in [6, 6.07) is 16.3. The quantitative estimate of drug-likeness (QED) is 0.0947. The summed E-state index contributed by atoms with van der Waals surface area (Å²) in [5, 5.41) is 44.0. The minimum atomic E-state index is -1.63. The lowest BCUT2D eigenvalue weighted by molar-refractivity contribution is -0.287. The number of carbonyl (C=O) groups is 4. The third kappa shape index (κ3) is 8.21.